The molecule has 1 aromatic rings. The standard InChI is InChI=1S/C10H14N4O/c1-7(9(11)15)13-10(12)14-8-5-3-2-4-6-8/h2-7H,1H3,(H2,11,15)(H3,12,13,14). The second-order valence-electron chi connectivity index (χ2n) is 3.08. The molecular weight excluding hydrogens is 192 g/mol. The minimum Gasteiger partial charge on any atom is -0.370 e. The summed E-state index contributed by atoms with van der Waals surface area (Å²) in [5.41, 5.74) is 11.4. The number of hydrogen-bond acceptors (Lipinski definition) is 2. The van der Waals surface area contributed by atoms with Gasteiger partial charge in [0, 0.05) is 5.69 Å². The van der Waals surface area contributed by atoms with Gasteiger partial charge in [-0.25, -0.2) is 4.99 Å². The van der Waals surface area contributed by atoms with E-state index in [1.165, 1.54) is 0 Å². The normalized spacial score (nSPS) is 13.3. The molecule has 80 valence electrons. The molecule has 0 heterocycles. The van der Waals surface area contributed by atoms with Crippen LogP contribution in [0.15, 0.2) is 35.3 Å². The van der Waals surface area contributed by atoms with E-state index in [9.17, 15) is 4.79 Å². The van der Waals surface area contributed by atoms with Gasteiger partial charge >= 0.3 is 0 Å². The highest BCUT2D eigenvalue weighted by Crippen LogP contribution is 2.04. The Hall–Kier alpha value is -2.04. The summed E-state index contributed by atoms with van der Waals surface area (Å²) in [5.74, 6) is -0.333. The van der Waals surface area contributed by atoms with E-state index < -0.39 is 11.9 Å². The van der Waals surface area contributed by atoms with Crippen molar-refractivity contribution < 1.29 is 4.79 Å². The molecule has 0 saturated heterocycles. The van der Waals surface area contributed by atoms with Gasteiger partial charge in [-0.1, -0.05) is 18.2 Å². The van der Waals surface area contributed by atoms with Gasteiger partial charge in [0.25, 0.3) is 0 Å². The van der Waals surface area contributed by atoms with Crippen molar-refractivity contribution in [1.82, 2.24) is 0 Å². The Morgan fingerprint density at radius 1 is 1.33 bits per heavy atom. The SMILES string of the molecule is CC(N=C(N)Nc1ccccc1)C(N)=O. The zero-order chi connectivity index (χ0) is 11.3. The lowest BCUT2D eigenvalue weighted by Gasteiger charge is -2.07. The Bertz CT molecular complexity index is 361. The fraction of sp³-hybridized carbons (Fsp3) is 0.200. The van der Waals surface area contributed by atoms with Crippen LogP contribution in [0.25, 0.3) is 0 Å². The summed E-state index contributed by atoms with van der Waals surface area (Å²) in [6.07, 6.45) is 0. The minimum absolute atomic E-state index is 0.174. The van der Waals surface area contributed by atoms with Crippen LogP contribution in [-0.4, -0.2) is 17.9 Å². The minimum atomic E-state index is -0.624. The van der Waals surface area contributed by atoms with Crippen LogP contribution in [0.4, 0.5) is 5.69 Å². The van der Waals surface area contributed by atoms with Crippen LogP contribution < -0.4 is 16.8 Å². The number of benzene rings is 1. The van der Waals surface area contributed by atoms with Crippen molar-refractivity contribution in [2.24, 2.45) is 16.5 Å². The number of primary amides is 1. The maximum atomic E-state index is 10.7. The van der Waals surface area contributed by atoms with Crippen molar-refractivity contribution >= 4 is 17.6 Å². The zero-order valence-corrected chi connectivity index (χ0v) is 8.47. The largest absolute Gasteiger partial charge is 0.370 e. The molecule has 0 bridgehead atoms. The van der Waals surface area contributed by atoms with Gasteiger partial charge in [0.2, 0.25) is 5.91 Å². The molecule has 1 unspecified atom stereocenters. The third kappa shape index (κ3) is 3.68. The average Bonchev–Trinajstić information content (AvgIpc) is 2.18. The number of anilines is 1. The van der Waals surface area contributed by atoms with Crippen LogP contribution in [0.1, 0.15) is 6.92 Å². The first kappa shape index (κ1) is 11.0. The van der Waals surface area contributed by atoms with Crippen molar-refractivity contribution in [3.63, 3.8) is 0 Å². The molecular formula is C10H14N4O. The number of amides is 1. The number of guanidine groups is 1. The maximum Gasteiger partial charge on any atom is 0.242 e. The van der Waals surface area contributed by atoms with E-state index in [1.54, 1.807) is 6.92 Å². The van der Waals surface area contributed by atoms with E-state index in [0.717, 1.165) is 5.69 Å². The molecule has 1 aromatic carbocycles. The van der Waals surface area contributed by atoms with Crippen molar-refractivity contribution in [1.29, 1.82) is 0 Å². The Balaban J connectivity index is 2.63. The fourth-order valence-electron chi connectivity index (χ4n) is 0.974. The van der Waals surface area contributed by atoms with E-state index in [-0.39, 0.29) is 5.96 Å². The van der Waals surface area contributed by atoms with Crippen LogP contribution >= 0.6 is 0 Å². The van der Waals surface area contributed by atoms with Crippen LogP contribution in [0.5, 0.6) is 0 Å². The Morgan fingerprint density at radius 2 is 1.93 bits per heavy atom. The van der Waals surface area contributed by atoms with Crippen LogP contribution in [0.2, 0.25) is 0 Å². The van der Waals surface area contributed by atoms with E-state index in [2.05, 4.69) is 10.3 Å². The molecule has 0 aliphatic heterocycles. The number of carbonyl (C=O) groups excluding carboxylic acids is 1. The molecule has 1 atom stereocenters. The number of nitrogens with zero attached hydrogens (tertiary/aromatic N) is 1. The lowest BCUT2D eigenvalue weighted by molar-refractivity contribution is -0.118. The van der Waals surface area contributed by atoms with Gasteiger partial charge < -0.3 is 16.8 Å². The third-order valence-electron chi connectivity index (χ3n) is 1.79. The first-order chi connectivity index (χ1) is 7.09. The number of aliphatic imine (C=N–C) groups is 1. The highest BCUT2D eigenvalue weighted by atomic mass is 16.1. The summed E-state index contributed by atoms with van der Waals surface area (Å²) in [6, 6.07) is 8.69. The van der Waals surface area contributed by atoms with Crippen LogP contribution in [-0.2, 0) is 4.79 Å². The molecule has 1 amide bonds. The van der Waals surface area contributed by atoms with Gasteiger partial charge in [-0.05, 0) is 19.1 Å². The molecule has 5 nitrogen and oxygen atoms in total. The Labute approximate surface area is 88.2 Å². The molecule has 0 fully saturated rings. The summed E-state index contributed by atoms with van der Waals surface area (Å²) in [6.45, 7) is 1.59. The Kier molecular flexibility index (Phi) is 3.68. The van der Waals surface area contributed by atoms with Gasteiger partial charge in [-0.2, -0.15) is 0 Å². The average molecular weight is 206 g/mol. The molecule has 5 heteroatoms. The van der Waals surface area contributed by atoms with Crippen molar-refractivity contribution in [3.05, 3.63) is 30.3 Å². The topological polar surface area (TPSA) is 93.5 Å². The third-order valence-corrected chi connectivity index (χ3v) is 1.79. The van der Waals surface area contributed by atoms with Gasteiger partial charge in [-0.15, -0.1) is 0 Å². The summed E-state index contributed by atoms with van der Waals surface area (Å²) in [7, 11) is 0. The molecule has 15 heavy (non-hydrogen) atoms. The monoisotopic (exact) mass is 206 g/mol. The fourth-order valence-corrected chi connectivity index (χ4v) is 0.974. The molecule has 0 aliphatic carbocycles. The Morgan fingerprint density at radius 3 is 2.47 bits per heavy atom. The molecule has 0 aliphatic rings. The lowest BCUT2D eigenvalue weighted by atomic mass is 10.3. The summed E-state index contributed by atoms with van der Waals surface area (Å²) < 4.78 is 0. The molecule has 5 N–H and O–H groups in total. The number of para-hydroxylation sites is 1. The first-order valence-corrected chi connectivity index (χ1v) is 4.54. The molecule has 0 aromatic heterocycles. The number of rotatable bonds is 3. The van der Waals surface area contributed by atoms with E-state index in [0.29, 0.717) is 0 Å². The molecule has 1 rings (SSSR count). The summed E-state index contributed by atoms with van der Waals surface area (Å²) >= 11 is 0. The summed E-state index contributed by atoms with van der Waals surface area (Å²) in [4.78, 5) is 14.6. The number of nitrogens with one attached hydrogen (secondary N) is 1. The highest BCUT2D eigenvalue weighted by molar-refractivity contribution is 5.94. The summed E-state index contributed by atoms with van der Waals surface area (Å²) in [5, 5.41) is 2.85. The van der Waals surface area contributed by atoms with Gasteiger partial charge in [-0.3, -0.25) is 4.79 Å². The second-order valence-corrected chi connectivity index (χ2v) is 3.08. The van der Waals surface area contributed by atoms with Gasteiger partial charge in [0.1, 0.15) is 6.04 Å². The molecule has 0 saturated carbocycles. The van der Waals surface area contributed by atoms with Crippen molar-refractivity contribution in [2.45, 2.75) is 13.0 Å². The van der Waals surface area contributed by atoms with E-state index >= 15 is 0 Å². The first-order valence-electron chi connectivity index (χ1n) is 4.54. The maximum absolute atomic E-state index is 10.7. The predicted molar refractivity (Wildman–Crippen MR) is 60.3 cm³/mol. The highest BCUT2D eigenvalue weighted by Gasteiger charge is 2.06. The smallest absolute Gasteiger partial charge is 0.242 e. The second kappa shape index (κ2) is 4.99. The lowest BCUT2D eigenvalue weighted by Crippen LogP contribution is -2.30. The van der Waals surface area contributed by atoms with E-state index in [1.807, 2.05) is 30.3 Å². The van der Waals surface area contributed by atoms with E-state index in [4.69, 9.17) is 11.5 Å². The van der Waals surface area contributed by atoms with Gasteiger partial charge in [0.15, 0.2) is 5.96 Å². The quantitative estimate of drug-likeness (QED) is 0.490. The molecule has 0 spiro atoms. The van der Waals surface area contributed by atoms with Crippen LogP contribution in [0, 0.1) is 0 Å². The van der Waals surface area contributed by atoms with Crippen molar-refractivity contribution in [2.75, 3.05) is 5.32 Å². The molecule has 0 radical (unpaired) electrons. The number of hydrogen-bond donors (Lipinski definition) is 3. The number of nitrogens with two attached hydrogens (primary N) is 2. The number of carbonyl (C=O) groups is 1. The van der Waals surface area contributed by atoms with Gasteiger partial charge in [0.05, 0.1) is 0 Å². The van der Waals surface area contributed by atoms with Crippen LogP contribution in [0.3, 0.4) is 0 Å². The zero-order valence-electron chi connectivity index (χ0n) is 8.47. The predicted octanol–water partition coefficient (Wildman–Crippen LogP) is 0.287. The van der Waals surface area contributed by atoms with Crippen molar-refractivity contribution in [3.8, 4) is 0 Å².